The third-order valence-corrected chi connectivity index (χ3v) is 3.85. The molecule has 0 spiro atoms. The predicted octanol–water partition coefficient (Wildman–Crippen LogP) is 2.68. The van der Waals surface area contributed by atoms with E-state index in [9.17, 15) is 4.79 Å². The number of benzene rings is 2. The Morgan fingerprint density at radius 3 is 2.96 bits per heavy atom. The number of hydrazone groups is 1. The number of halogens is 1. The molecule has 2 aromatic carbocycles. The lowest BCUT2D eigenvalue weighted by atomic mass is 10.2. The van der Waals surface area contributed by atoms with Gasteiger partial charge in [0.15, 0.2) is 11.5 Å². The van der Waals surface area contributed by atoms with Gasteiger partial charge >= 0.3 is 0 Å². The van der Waals surface area contributed by atoms with Gasteiger partial charge in [-0.2, -0.15) is 5.10 Å². The van der Waals surface area contributed by atoms with Crippen molar-refractivity contribution in [2.24, 2.45) is 5.10 Å². The molecule has 26 heavy (non-hydrogen) atoms. The maximum absolute atomic E-state index is 11.9. The fourth-order valence-electron chi connectivity index (χ4n) is 2.39. The Labute approximate surface area is 155 Å². The molecule has 1 amide bonds. The van der Waals surface area contributed by atoms with Crippen LogP contribution in [0.4, 0.5) is 5.69 Å². The first-order valence-electron chi connectivity index (χ1n) is 7.95. The normalized spacial score (nSPS) is 12.7. The minimum atomic E-state index is -0.296. The Morgan fingerprint density at radius 1 is 1.31 bits per heavy atom. The van der Waals surface area contributed by atoms with Crippen LogP contribution in [-0.2, 0) is 4.79 Å². The molecular weight excluding hydrogens is 358 g/mol. The molecule has 7 nitrogen and oxygen atoms in total. The molecule has 1 aliphatic rings. The fourth-order valence-corrected chi connectivity index (χ4v) is 2.66. The van der Waals surface area contributed by atoms with Crippen molar-refractivity contribution >= 4 is 29.4 Å². The van der Waals surface area contributed by atoms with Crippen molar-refractivity contribution in [1.82, 2.24) is 5.43 Å². The van der Waals surface area contributed by atoms with E-state index < -0.39 is 0 Å². The molecule has 0 aromatic heterocycles. The standard InChI is InChI=1S/C18H18ClN3O4/c1-24-15-5-3-2-4-14(15)20-11-17(23)22-21-10-12-8-13(19)18-16(9-12)25-6-7-26-18/h2-5,8-10,20H,6-7,11H2,1H3,(H,22,23)/b21-10-. The van der Waals surface area contributed by atoms with Crippen LogP contribution in [0, 0.1) is 0 Å². The zero-order valence-electron chi connectivity index (χ0n) is 14.1. The van der Waals surface area contributed by atoms with Crippen molar-refractivity contribution in [3.63, 3.8) is 0 Å². The topological polar surface area (TPSA) is 81.2 Å². The van der Waals surface area contributed by atoms with Crippen LogP contribution in [0.3, 0.4) is 0 Å². The number of nitrogens with one attached hydrogen (secondary N) is 2. The molecule has 0 saturated heterocycles. The molecule has 1 heterocycles. The highest BCUT2D eigenvalue weighted by Crippen LogP contribution is 2.37. The van der Waals surface area contributed by atoms with Gasteiger partial charge in [-0.15, -0.1) is 0 Å². The smallest absolute Gasteiger partial charge is 0.259 e. The van der Waals surface area contributed by atoms with Gasteiger partial charge in [0.1, 0.15) is 19.0 Å². The summed E-state index contributed by atoms with van der Waals surface area (Å²) in [5, 5.41) is 7.37. The van der Waals surface area contributed by atoms with Crippen LogP contribution in [-0.4, -0.2) is 39.0 Å². The summed E-state index contributed by atoms with van der Waals surface area (Å²) in [5.74, 6) is 1.46. The van der Waals surface area contributed by atoms with Crippen LogP contribution in [0.2, 0.25) is 5.02 Å². The fraction of sp³-hybridized carbons (Fsp3) is 0.222. The number of para-hydroxylation sites is 2. The average molecular weight is 376 g/mol. The molecule has 2 aromatic rings. The number of fused-ring (bicyclic) bond motifs is 1. The SMILES string of the molecule is COc1ccccc1NCC(=O)N/N=C\c1cc(Cl)c2c(c1)OCCO2. The summed E-state index contributed by atoms with van der Waals surface area (Å²) < 4.78 is 16.2. The first kappa shape index (κ1) is 17.9. The van der Waals surface area contributed by atoms with Crippen LogP contribution >= 0.6 is 11.6 Å². The number of nitrogens with zero attached hydrogens (tertiary/aromatic N) is 1. The van der Waals surface area contributed by atoms with E-state index in [2.05, 4.69) is 15.8 Å². The molecule has 0 unspecified atom stereocenters. The Hall–Kier alpha value is -2.93. The molecule has 8 heteroatoms. The minimum Gasteiger partial charge on any atom is -0.495 e. The Bertz CT molecular complexity index is 826. The molecule has 2 N–H and O–H groups in total. The van der Waals surface area contributed by atoms with Crippen molar-refractivity contribution in [3.8, 4) is 17.2 Å². The van der Waals surface area contributed by atoms with E-state index in [4.69, 9.17) is 25.8 Å². The first-order valence-corrected chi connectivity index (χ1v) is 8.33. The summed E-state index contributed by atoms with van der Waals surface area (Å²) >= 11 is 6.16. The molecule has 0 saturated carbocycles. The van der Waals surface area contributed by atoms with Gasteiger partial charge in [-0.05, 0) is 29.8 Å². The highest BCUT2D eigenvalue weighted by Gasteiger charge is 2.16. The van der Waals surface area contributed by atoms with Gasteiger partial charge in [0, 0.05) is 0 Å². The highest BCUT2D eigenvalue weighted by atomic mass is 35.5. The maximum Gasteiger partial charge on any atom is 0.259 e. The third-order valence-electron chi connectivity index (χ3n) is 3.57. The van der Waals surface area contributed by atoms with Gasteiger partial charge in [0.25, 0.3) is 5.91 Å². The van der Waals surface area contributed by atoms with E-state index in [0.29, 0.717) is 41.0 Å². The molecule has 3 rings (SSSR count). The molecular formula is C18H18ClN3O4. The van der Waals surface area contributed by atoms with Gasteiger partial charge in [-0.1, -0.05) is 23.7 Å². The van der Waals surface area contributed by atoms with Crippen molar-refractivity contribution in [2.45, 2.75) is 0 Å². The maximum atomic E-state index is 11.9. The summed E-state index contributed by atoms with van der Waals surface area (Å²) in [5.41, 5.74) is 3.87. The summed E-state index contributed by atoms with van der Waals surface area (Å²) in [6, 6.07) is 10.8. The average Bonchev–Trinajstić information content (AvgIpc) is 2.66. The van der Waals surface area contributed by atoms with Crippen LogP contribution in [0.5, 0.6) is 17.2 Å². The molecule has 136 valence electrons. The van der Waals surface area contributed by atoms with Gasteiger partial charge in [0.2, 0.25) is 0 Å². The van der Waals surface area contributed by atoms with E-state index >= 15 is 0 Å². The molecule has 0 fully saturated rings. The Balaban J connectivity index is 1.55. The second-order valence-electron chi connectivity index (χ2n) is 5.37. The second-order valence-corrected chi connectivity index (χ2v) is 5.78. The lowest BCUT2D eigenvalue weighted by molar-refractivity contribution is -0.119. The zero-order chi connectivity index (χ0) is 18.4. The third kappa shape index (κ3) is 4.37. The number of amides is 1. The number of ether oxygens (including phenoxy) is 3. The molecule has 0 atom stereocenters. The summed E-state index contributed by atoms with van der Waals surface area (Å²) in [6.07, 6.45) is 1.49. The predicted molar refractivity (Wildman–Crippen MR) is 99.7 cm³/mol. The minimum absolute atomic E-state index is 0.0552. The van der Waals surface area contributed by atoms with Gasteiger partial charge in [-0.25, -0.2) is 5.43 Å². The van der Waals surface area contributed by atoms with Crippen molar-refractivity contribution in [3.05, 3.63) is 47.0 Å². The zero-order valence-corrected chi connectivity index (χ0v) is 14.9. The molecule has 0 bridgehead atoms. The first-order chi connectivity index (χ1) is 12.7. The summed E-state index contributed by atoms with van der Waals surface area (Å²) in [7, 11) is 1.57. The van der Waals surface area contributed by atoms with Gasteiger partial charge in [0.05, 0.1) is 30.6 Å². The Kier molecular flexibility index (Phi) is 5.80. The van der Waals surface area contributed by atoms with Crippen LogP contribution in [0.1, 0.15) is 5.56 Å². The molecule has 0 radical (unpaired) electrons. The van der Waals surface area contributed by atoms with Crippen LogP contribution in [0.25, 0.3) is 0 Å². The van der Waals surface area contributed by atoms with Crippen molar-refractivity contribution in [2.75, 3.05) is 32.2 Å². The van der Waals surface area contributed by atoms with Crippen LogP contribution < -0.4 is 25.0 Å². The number of hydrogen-bond acceptors (Lipinski definition) is 6. The Morgan fingerprint density at radius 2 is 2.12 bits per heavy atom. The van der Waals surface area contributed by atoms with E-state index in [1.165, 1.54) is 6.21 Å². The number of hydrogen-bond donors (Lipinski definition) is 2. The summed E-state index contributed by atoms with van der Waals surface area (Å²) in [4.78, 5) is 11.9. The number of rotatable bonds is 6. The van der Waals surface area contributed by atoms with Crippen LogP contribution in [0.15, 0.2) is 41.5 Å². The number of carbonyl (C=O) groups is 1. The monoisotopic (exact) mass is 375 g/mol. The van der Waals surface area contributed by atoms with Crippen molar-refractivity contribution in [1.29, 1.82) is 0 Å². The van der Waals surface area contributed by atoms with Crippen molar-refractivity contribution < 1.29 is 19.0 Å². The number of anilines is 1. The largest absolute Gasteiger partial charge is 0.495 e. The lowest BCUT2D eigenvalue weighted by Crippen LogP contribution is -2.26. The van der Waals surface area contributed by atoms with E-state index in [0.717, 1.165) is 5.69 Å². The second kappa shape index (κ2) is 8.44. The van der Waals surface area contributed by atoms with E-state index in [-0.39, 0.29) is 12.5 Å². The quantitative estimate of drug-likeness (QED) is 0.599. The molecule has 1 aliphatic heterocycles. The summed E-state index contributed by atoms with van der Waals surface area (Å²) in [6.45, 7) is 0.990. The van der Waals surface area contributed by atoms with Gasteiger partial charge < -0.3 is 19.5 Å². The van der Waals surface area contributed by atoms with Gasteiger partial charge in [-0.3, -0.25) is 4.79 Å². The van der Waals surface area contributed by atoms with E-state index in [1.807, 2.05) is 24.3 Å². The number of carbonyl (C=O) groups excluding carboxylic acids is 1. The molecule has 0 aliphatic carbocycles. The lowest BCUT2D eigenvalue weighted by Gasteiger charge is -2.19. The van der Waals surface area contributed by atoms with E-state index in [1.54, 1.807) is 19.2 Å². The number of methoxy groups -OCH3 is 1. The highest BCUT2D eigenvalue weighted by molar-refractivity contribution is 6.32.